The van der Waals surface area contributed by atoms with E-state index >= 15 is 0 Å². The number of nitrogens with one attached hydrogen (secondary N) is 3. The molecule has 8 heteroatoms. The van der Waals surface area contributed by atoms with Crippen molar-refractivity contribution in [3.63, 3.8) is 0 Å². The van der Waals surface area contributed by atoms with Crippen molar-refractivity contribution in [2.24, 2.45) is 4.99 Å². The first-order valence-corrected chi connectivity index (χ1v) is 8.63. The zero-order chi connectivity index (χ0) is 18.2. The first kappa shape index (κ1) is 18.7. The predicted octanol–water partition coefficient (Wildman–Crippen LogP) is 2.28. The van der Waals surface area contributed by atoms with Crippen molar-refractivity contribution in [2.45, 2.75) is 26.9 Å². The molecule has 134 valence electrons. The number of aliphatic imine (C=N–C) groups is 1. The number of rotatable bonds is 6. The lowest BCUT2D eigenvalue weighted by atomic mass is 10.2. The quantitative estimate of drug-likeness (QED) is 0.543. The third-order valence-corrected chi connectivity index (χ3v) is 4.25. The average molecular weight is 361 g/mol. The van der Waals surface area contributed by atoms with Crippen LogP contribution in [-0.4, -0.2) is 31.0 Å². The Labute approximate surface area is 151 Å². The zero-order valence-electron chi connectivity index (χ0n) is 14.8. The fourth-order valence-electron chi connectivity index (χ4n) is 2.20. The summed E-state index contributed by atoms with van der Waals surface area (Å²) in [6.07, 6.45) is 1.86. The van der Waals surface area contributed by atoms with Crippen LogP contribution in [0.4, 0.5) is 5.69 Å². The molecule has 0 saturated carbocycles. The summed E-state index contributed by atoms with van der Waals surface area (Å²) in [4.78, 5) is 21.0. The third-order valence-electron chi connectivity index (χ3n) is 3.33. The summed E-state index contributed by atoms with van der Waals surface area (Å²) in [5.74, 6) is 1.17. The summed E-state index contributed by atoms with van der Waals surface area (Å²) >= 11 is 1.66. The zero-order valence-corrected chi connectivity index (χ0v) is 15.7. The molecule has 2 rings (SSSR count). The summed E-state index contributed by atoms with van der Waals surface area (Å²) in [7, 11) is 3.30. The molecule has 1 aromatic carbocycles. The minimum atomic E-state index is -0.139. The van der Waals surface area contributed by atoms with E-state index in [4.69, 9.17) is 4.74 Å². The Balaban J connectivity index is 1.95. The maximum Gasteiger partial charge on any atom is 0.221 e. The first-order chi connectivity index (χ1) is 12.0. The van der Waals surface area contributed by atoms with Crippen molar-refractivity contribution in [2.75, 3.05) is 19.5 Å². The minimum absolute atomic E-state index is 0.139. The number of ether oxygens (including phenoxy) is 1. The number of carbonyl (C=O) groups is 1. The lowest BCUT2D eigenvalue weighted by Crippen LogP contribution is -2.36. The number of guanidine groups is 1. The molecule has 25 heavy (non-hydrogen) atoms. The summed E-state index contributed by atoms with van der Waals surface area (Å²) in [5.41, 5.74) is 1.65. The standard InChI is InChI=1S/C17H23N5O2S/c1-11-8-19-16(25-11)10-21-17(18-3)20-9-13-5-6-15(24-4)14(7-13)22-12(2)23/h5-8H,9-10H2,1-4H3,(H,22,23)(H2,18,20,21). The molecule has 7 nitrogen and oxygen atoms in total. The van der Waals surface area contributed by atoms with Gasteiger partial charge >= 0.3 is 0 Å². The Morgan fingerprint density at radius 1 is 1.32 bits per heavy atom. The topological polar surface area (TPSA) is 87.6 Å². The highest BCUT2D eigenvalue weighted by molar-refractivity contribution is 7.11. The monoisotopic (exact) mass is 361 g/mol. The average Bonchev–Trinajstić information content (AvgIpc) is 3.00. The van der Waals surface area contributed by atoms with E-state index in [-0.39, 0.29) is 5.91 Å². The number of aromatic nitrogens is 1. The van der Waals surface area contributed by atoms with Crippen LogP contribution in [0.2, 0.25) is 0 Å². The van der Waals surface area contributed by atoms with Gasteiger partial charge in [-0.1, -0.05) is 6.07 Å². The van der Waals surface area contributed by atoms with E-state index < -0.39 is 0 Å². The highest BCUT2D eigenvalue weighted by Gasteiger charge is 2.07. The number of nitrogens with zero attached hydrogens (tertiary/aromatic N) is 2. The molecule has 1 aromatic heterocycles. The van der Waals surface area contributed by atoms with E-state index in [1.54, 1.807) is 25.5 Å². The number of benzene rings is 1. The fraction of sp³-hybridized carbons (Fsp3) is 0.353. The molecule has 0 spiro atoms. The predicted molar refractivity (Wildman–Crippen MR) is 101 cm³/mol. The Bertz CT molecular complexity index is 757. The molecule has 2 aromatic rings. The van der Waals surface area contributed by atoms with Gasteiger partial charge in [0.15, 0.2) is 5.96 Å². The van der Waals surface area contributed by atoms with Crippen LogP contribution in [0.3, 0.4) is 0 Å². The van der Waals surface area contributed by atoms with E-state index in [0.29, 0.717) is 30.5 Å². The minimum Gasteiger partial charge on any atom is -0.495 e. The van der Waals surface area contributed by atoms with Crippen LogP contribution < -0.4 is 20.7 Å². The second-order valence-corrected chi connectivity index (χ2v) is 6.68. The number of anilines is 1. The fourth-order valence-corrected chi connectivity index (χ4v) is 2.93. The van der Waals surface area contributed by atoms with Crippen molar-refractivity contribution in [1.29, 1.82) is 0 Å². The summed E-state index contributed by atoms with van der Waals surface area (Å²) in [5, 5.41) is 10.3. The van der Waals surface area contributed by atoms with Crippen molar-refractivity contribution in [1.82, 2.24) is 15.6 Å². The Morgan fingerprint density at radius 2 is 2.08 bits per heavy atom. The van der Waals surface area contributed by atoms with Gasteiger partial charge < -0.3 is 20.7 Å². The Hall–Kier alpha value is -2.61. The smallest absolute Gasteiger partial charge is 0.221 e. The van der Waals surface area contributed by atoms with Gasteiger partial charge in [-0.2, -0.15) is 0 Å². The summed E-state index contributed by atoms with van der Waals surface area (Å²) < 4.78 is 5.26. The normalized spacial score (nSPS) is 11.1. The molecular weight excluding hydrogens is 338 g/mol. The van der Waals surface area contributed by atoms with E-state index in [9.17, 15) is 4.79 Å². The van der Waals surface area contributed by atoms with Gasteiger partial charge in [0.25, 0.3) is 0 Å². The molecule has 0 aliphatic heterocycles. The first-order valence-electron chi connectivity index (χ1n) is 7.82. The lowest BCUT2D eigenvalue weighted by Gasteiger charge is -2.13. The van der Waals surface area contributed by atoms with Gasteiger partial charge in [-0.25, -0.2) is 4.98 Å². The number of thiazole rings is 1. The number of methoxy groups -OCH3 is 1. The largest absolute Gasteiger partial charge is 0.495 e. The van der Waals surface area contributed by atoms with Crippen molar-refractivity contribution in [3.05, 3.63) is 39.8 Å². The molecule has 0 unspecified atom stereocenters. The number of hydrogen-bond acceptors (Lipinski definition) is 5. The maximum absolute atomic E-state index is 11.3. The van der Waals surface area contributed by atoms with Crippen LogP contribution >= 0.6 is 11.3 Å². The van der Waals surface area contributed by atoms with Crippen molar-refractivity contribution < 1.29 is 9.53 Å². The van der Waals surface area contributed by atoms with Gasteiger partial charge in [-0.3, -0.25) is 9.79 Å². The Kier molecular flexibility index (Phi) is 6.76. The third kappa shape index (κ3) is 5.75. The van der Waals surface area contributed by atoms with Gasteiger partial charge in [-0.15, -0.1) is 11.3 Å². The molecule has 0 fully saturated rings. The molecule has 0 saturated heterocycles. The second kappa shape index (κ2) is 9.03. The molecule has 0 atom stereocenters. The highest BCUT2D eigenvalue weighted by Crippen LogP contribution is 2.25. The van der Waals surface area contributed by atoms with E-state index in [1.807, 2.05) is 31.3 Å². The molecule has 1 amide bonds. The second-order valence-electron chi connectivity index (χ2n) is 5.36. The molecule has 0 aliphatic carbocycles. The van der Waals surface area contributed by atoms with Crippen LogP contribution in [0.1, 0.15) is 22.4 Å². The molecule has 0 aliphatic rings. The van der Waals surface area contributed by atoms with Crippen LogP contribution in [0.25, 0.3) is 0 Å². The van der Waals surface area contributed by atoms with E-state index in [0.717, 1.165) is 10.6 Å². The van der Waals surface area contributed by atoms with Crippen LogP contribution in [-0.2, 0) is 17.9 Å². The van der Waals surface area contributed by atoms with Crippen LogP contribution in [0, 0.1) is 6.92 Å². The summed E-state index contributed by atoms with van der Waals surface area (Å²) in [6, 6.07) is 5.65. The SMILES string of the molecule is CN=C(NCc1ccc(OC)c(NC(C)=O)c1)NCc1ncc(C)s1. The van der Waals surface area contributed by atoms with Crippen molar-refractivity contribution >= 4 is 28.9 Å². The van der Waals surface area contributed by atoms with Gasteiger partial charge in [0, 0.05) is 31.6 Å². The molecule has 0 bridgehead atoms. The van der Waals surface area contributed by atoms with Gasteiger partial charge in [0.2, 0.25) is 5.91 Å². The van der Waals surface area contributed by atoms with Gasteiger partial charge in [0.1, 0.15) is 10.8 Å². The van der Waals surface area contributed by atoms with Crippen molar-refractivity contribution in [3.8, 4) is 5.75 Å². The van der Waals surface area contributed by atoms with Gasteiger partial charge in [-0.05, 0) is 24.6 Å². The molecule has 0 radical (unpaired) electrons. The summed E-state index contributed by atoms with van der Waals surface area (Å²) in [6.45, 7) is 4.69. The van der Waals surface area contributed by atoms with Gasteiger partial charge in [0.05, 0.1) is 19.3 Å². The van der Waals surface area contributed by atoms with Crippen LogP contribution in [0.15, 0.2) is 29.4 Å². The molecule has 1 heterocycles. The van der Waals surface area contributed by atoms with E-state index in [2.05, 4.69) is 25.9 Å². The molecular formula is C17H23N5O2S. The number of hydrogen-bond donors (Lipinski definition) is 3. The molecule has 3 N–H and O–H groups in total. The van der Waals surface area contributed by atoms with Crippen LogP contribution in [0.5, 0.6) is 5.75 Å². The highest BCUT2D eigenvalue weighted by atomic mass is 32.1. The number of aryl methyl sites for hydroxylation is 1. The lowest BCUT2D eigenvalue weighted by molar-refractivity contribution is -0.114. The number of amides is 1. The maximum atomic E-state index is 11.3. The Morgan fingerprint density at radius 3 is 2.68 bits per heavy atom. The van der Waals surface area contributed by atoms with E-state index in [1.165, 1.54) is 11.8 Å². The number of carbonyl (C=O) groups excluding carboxylic acids is 1.